The number of hydrogen-bond donors (Lipinski definition) is 0. The van der Waals surface area contributed by atoms with E-state index in [9.17, 15) is 35.1 Å². The lowest BCUT2D eigenvalue weighted by Gasteiger charge is -2.14. The Labute approximate surface area is 78.9 Å². The fourth-order valence-electron chi connectivity index (χ4n) is 0.436. The zero-order valence-corrected chi connectivity index (χ0v) is 6.83. The molecule has 0 heterocycles. The SMILES string of the molecule is FC(F)(F)C=CC=CC(F)(F)C(F)(F)F. The maximum absolute atomic E-state index is 12.0. The van der Waals surface area contributed by atoms with Crippen LogP contribution < -0.4 is 0 Å². The van der Waals surface area contributed by atoms with Gasteiger partial charge in [-0.3, -0.25) is 0 Å². The first kappa shape index (κ1) is 13.9. The molecular weight excluding hydrogens is 236 g/mol. The molecule has 0 amide bonds. The summed E-state index contributed by atoms with van der Waals surface area (Å²) in [5, 5.41) is 0. The Hall–Kier alpha value is -1.08. The van der Waals surface area contributed by atoms with E-state index in [0.29, 0.717) is 0 Å². The van der Waals surface area contributed by atoms with Gasteiger partial charge in [0.1, 0.15) is 0 Å². The molecule has 0 rings (SSSR count). The normalized spacial score (nSPS) is 15.5. The average molecular weight is 240 g/mol. The van der Waals surface area contributed by atoms with Crippen molar-refractivity contribution in [2.75, 3.05) is 0 Å². The van der Waals surface area contributed by atoms with E-state index in [1.165, 1.54) is 0 Å². The van der Waals surface area contributed by atoms with E-state index in [2.05, 4.69) is 0 Å². The molecule has 0 atom stereocenters. The summed E-state index contributed by atoms with van der Waals surface area (Å²) in [5.74, 6) is -5.14. The molecular formula is C7H4F8. The van der Waals surface area contributed by atoms with E-state index < -0.39 is 30.4 Å². The zero-order chi connectivity index (χ0) is 12.3. The first-order valence-electron chi connectivity index (χ1n) is 3.34. The maximum Gasteiger partial charge on any atom is 0.457 e. The zero-order valence-electron chi connectivity index (χ0n) is 6.83. The molecule has 88 valence electrons. The van der Waals surface area contributed by atoms with Crippen LogP contribution in [0.25, 0.3) is 0 Å². The molecule has 0 nitrogen and oxygen atoms in total. The predicted molar refractivity (Wildman–Crippen MR) is 35.3 cm³/mol. The summed E-state index contributed by atoms with van der Waals surface area (Å²) < 4.78 is 92.5. The second kappa shape index (κ2) is 4.19. The molecule has 0 aliphatic rings. The molecule has 0 unspecified atom stereocenters. The smallest absolute Gasteiger partial charge is 0.191 e. The molecule has 0 aromatic carbocycles. The standard InChI is InChI=1S/C7H4F8/c8-5(9,7(13,14)15)3-1-2-4-6(10,11)12/h1-4H. The van der Waals surface area contributed by atoms with Gasteiger partial charge in [0, 0.05) is 6.08 Å². The van der Waals surface area contributed by atoms with Crippen LogP contribution in [0.2, 0.25) is 0 Å². The van der Waals surface area contributed by atoms with Crippen molar-refractivity contribution in [3.63, 3.8) is 0 Å². The Bertz CT molecular complexity index is 253. The van der Waals surface area contributed by atoms with Crippen molar-refractivity contribution in [3.05, 3.63) is 24.3 Å². The number of hydrogen-bond acceptors (Lipinski definition) is 0. The third-order valence-corrected chi connectivity index (χ3v) is 1.08. The van der Waals surface area contributed by atoms with Crippen molar-refractivity contribution >= 4 is 0 Å². The highest BCUT2D eigenvalue weighted by Gasteiger charge is 2.55. The quantitative estimate of drug-likeness (QED) is 0.507. The molecule has 0 spiro atoms. The molecule has 15 heavy (non-hydrogen) atoms. The number of rotatable bonds is 2. The highest BCUT2D eigenvalue weighted by atomic mass is 19.4. The summed E-state index contributed by atoms with van der Waals surface area (Å²) >= 11 is 0. The van der Waals surface area contributed by atoms with Crippen LogP contribution in [0.5, 0.6) is 0 Å². The fourth-order valence-corrected chi connectivity index (χ4v) is 0.436. The number of allylic oxidation sites excluding steroid dienone is 4. The summed E-state index contributed by atoms with van der Waals surface area (Å²) in [6.45, 7) is 0. The minimum absolute atomic E-state index is 0.0129. The van der Waals surface area contributed by atoms with Gasteiger partial charge in [-0.1, -0.05) is 12.2 Å². The van der Waals surface area contributed by atoms with Gasteiger partial charge in [-0.15, -0.1) is 0 Å². The largest absolute Gasteiger partial charge is 0.457 e. The molecule has 0 aliphatic carbocycles. The molecule has 0 aliphatic heterocycles. The van der Waals surface area contributed by atoms with Gasteiger partial charge < -0.3 is 0 Å². The minimum Gasteiger partial charge on any atom is -0.191 e. The lowest BCUT2D eigenvalue weighted by molar-refractivity contribution is -0.259. The van der Waals surface area contributed by atoms with Crippen molar-refractivity contribution in [2.45, 2.75) is 18.3 Å². The van der Waals surface area contributed by atoms with Gasteiger partial charge in [-0.25, -0.2) is 0 Å². The van der Waals surface area contributed by atoms with Gasteiger partial charge in [0.05, 0.1) is 0 Å². The van der Waals surface area contributed by atoms with E-state index in [4.69, 9.17) is 0 Å². The van der Waals surface area contributed by atoms with E-state index >= 15 is 0 Å². The van der Waals surface area contributed by atoms with Gasteiger partial charge in [-0.2, -0.15) is 35.1 Å². The Morgan fingerprint density at radius 2 is 1.00 bits per heavy atom. The van der Waals surface area contributed by atoms with Gasteiger partial charge in [0.2, 0.25) is 0 Å². The summed E-state index contributed by atoms with van der Waals surface area (Å²) in [7, 11) is 0. The Kier molecular flexibility index (Phi) is 3.89. The average Bonchev–Trinajstić information content (AvgIpc) is 1.94. The molecule has 0 bridgehead atoms. The van der Waals surface area contributed by atoms with Gasteiger partial charge in [0.25, 0.3) is 0 Å². The Morgan fingerprint density at radius 1 is 0.600 bits per heavy atom. The number of alkyl halides is 8. The number of halogens is 8. The molecule has 0 radical (unpaired) electrons. The minimum atomic E-state index is -5.81. The van der Waals surface area contributed by atoms with Crippen LogP contribution in [-0.4, -0.2) is 18.3 Å². The third kappa shape index (κ3) is 5.38. The molecule has 0 aromatic rings. The monoisotopic (exact) mass is 240 g/mol. The molecule has 0 aromatic heterocycles. The first-order chi connectivity index (χ1) is 6.46. The van der Waals surface area contributed by atoms with Crippen LogP contribution in [0.15, 0.2) is 24.3 Å². The predicted octanol–water partition coefficient (Wildman–Crippen LogP) is 3.86. The van der Waals surface area contributed by atoms with Gasteiger partial charge in [0.15, 0.2) is 0 Å². The van der Waals surface area contributed by atoms with E-state index in [0.717, 1.165) is 0 Å². The molecule has 0 saturated carbocycles. The first-order valence-corrected chi connectivity index (χ1v) is 3.34. The van der Waals surface area contributed by atoms with Gasteiger partial charge in [-0.05, 0) is 6.08 Å². The second-order valence-electron chi connectivity index (χ2n) is 2.38. The van der Waals surface area contributed by atoms with Gasteiger partial charge >= 0.3 is 18.3 Å². The summed E-state index contributed by atoms with van der Waals surface area (Å²) in [6.07, 6.45) is -11.6. The Morgan fingerprint density at radius 3 is 1.33 bits per heavy atom. The van der Waals surface area contributed by atoms with Crippen molar-refractivity contribution < 1.29 is 35.1 Å². The van der Waals surface area contributed by atoms with Crippen LogP contribution in [0.3, 0.4) is 0 Å². The summed E-state index contributed by atoms with van der Waals surface area (Å²) in [6, 6.07) is 0. The van der Waals surface area contributed by atoms with E-state index in [-0.39, 0.29) is 12.2 Å². The van der Waals surface area contributed by atoms with Crippen molar-refractivity contribution in [3.8, 4) is 0 Å². The van der Waals surface area contributed by atoms with E-state index in [1.54, 1.807) is 0 Å². The highest BCUT2D eigenvalue weighted by molar-refractivity contribution is 5.10. The summed E-state index contributed by atoms with van der Waals surface area (Å²) in [4.78, 5) is 0. The topological polar surface area (TPSA) is 0 Å². The van der Waals surface area contributed by atoms with Crippen molar-refractivity contribution in [1.29, 1.82) is 0 Å². The van der Waals surface area contributed by atoms with Crippen LogP contribution in [0.1, 0.15) is 0 Å². The third-order valence-electron chi connectivity index (χ3n) is 1.08. The molecule has 0 N–H and O–H groups in total. The van der Waals surface area contributed by atoms with Crippen LogP contribution in [-0.2, 0) is 0 Å². The molecule has 0 saturated heterocycles. The van der Waals surface area contributed by atoms with Crippen LogP contribution >= 0.6 is 0 Å². The van der Waals surface area contributed by atoms with Crippen molar-refractivity contribution in [1.82, 2.24) is 0 Å². The van der Waals surface area contributed by atoms with Crippen molar-refractivity contribution in [2.24, 2.45) is 0 Å². The van der Waals surface area contributed by atoms with E-state index in [1.807, 2.05) is 0 Å². The molecule has 0 fully saturated rings. The maximum atomic E-state index is 12.0. The second-order valence-corrected chi connectivity index (χ2v) is 2.38. The van der Waals surface area contributed by atoms with Crippen LogP contribution in [0, 0.1) is 0 Å². The van der Waals surface area contributed by atoms with Crippen LogP contribution in [0.4, 0.5) is 35.1 Å². The lowest BCUT2D eigenvalue weighted by atomic mass is 10.3. The molecule has 8 heteroatoms. The summed E-state index contributed by atoms with van der Waals surface area (Å²) in [5.41, 5.74) is 0. The lowest BCUT2D eigenvalue weighted by Crippen LogP contribution is -2.33. The fraction of sp³-hybridized carbons (Fsp3) is 0.429. The Balaban J connectivity index is 4.49. The highest BCUT2D eigenvalue weighted by Crippen LogP contribution is 2.36.